The number of fused-ring (bicyclic) bond motifs is 1. The van der Waals surface area contributed by atoms with Gasteiger partial charge in [-0.25, -0.2) is 14.9 Å². The van der Waals surface area contributed by atoms with E-state index in [-0.39, 0.29) is 29.9 Å². The van der Waals surface area contributed by atoms with Crippen molar-refractivity contribution >= 4 is 45.4 Å². The monoisotopic (exact) mass is 625 g/mol. The summed E-state index contributed by atoms with van der Waals surface area (Å²) in [5, 5.41) is 16.1. The molecule has 0 atom stereocenters. The van der Waals surface area contributed by atoms with Crippen LogP contribution in [0.4, 0.5) is 5.95 Å². The van der Waals surface area contributed by atoms with Gasteiger partial charge < -0.3 is 13.7 Å². The molecule has 5 rings (SSSR count). The summed E-state index contributed by atoms with van der Waals surface area (Å²) in [5.41, 5.74) is 4.54. The predicted molar refractivity (Wildman–Crippen MR) is 152 cm³/mol. The fraction of sp³-hybridized carbons (Fsp3) is 0.259. The maximum Gasteiger partial charge on any atom is 0.358 e. The third-order valence-electron chi connectivity index (χ3n) is 6.43. The Morgan fingerprint density at radius 2 is 2.00 bits per heavy atom. The van der Waals surface area contributed by atoms with Crippen LogP contribution in [-0.2, 0) is 17.7 Å². The van der Waals surface area contributed by atoms with E-state index in [1.165, 1.54) is 0 Å². The van der Waals surface area contributed by atoms with Gasteiger partial charge in [-0.05, 0) is 68.5 Å². The lowest BCUT2D eigenvalue weighted by atomic mass is 9.97. The lowest BCUT2D eigenvalue weighted by Gasteiger charge is -2.15. The van der Waals surface area contributed by atoms with Gasteiger partial charge in [0.25, 0.3) is 5.91 Å². The predicted octanol–water partition coefficient (Wildman–Crippen LogP) is 6.00. The molecular formula is C27H25BrClN7O4. The molecule has 0 bridgehead atoms. The number of nitrogens with one attached hydrogen (secondary N) is 2. The average Bonchev–Trinajstić information content (AvgIpc) is 3.65. The van der Waals surface area contributed by atoms with Crippen LogP contribution >= 0.6 is 27.5 Å². The Balaban J connectivity index is 1.69. The SMILES string of the molecule is CCCCc1nc(Cl)c(C(=O)OCC)n1Cc1c2ccocc-2c(Br)c1-c1ccccc1C(=O)Nc1nnn[nH]1. The first kappa shape index (κ1) is 27.5. The highest BCUT2D eigenvalue weighted by Crippen LogP contribution is 2.47. The molecule has 40 heavy (non-hydrogen) atoms. The van der Waals surface area contributed by atoms with E-state index in [1.807, 2.05) is 22.8 Å². The first-order chi connectivity index (χ1) is 19.4. The lowest BCUT2D eigenvalue weighted by Crippen LogP contribution is -2.16. The number of aromatic amines is 1. The van der Waals surface area contributed by atoms with E-state index in [4.69, 9.17) is 20.8 Å². The van der Waals surface area contributed by atoms with Gasteiger partial charge >= 0.3 is 5.97 Å². The number of aromatic nitrogens is 6. The van der Waals surface area contributed by atoms with Gasteiger partial charge in [-0.15, -0.1) is 0 Å². The van der Waals surface area contributed by atoms with Crippen LogP contribution in [-0.4, -0.2) is 48.7 Å². The molecule has 3 aromatic rings. The summed E-state index contributed by atoms with van der Waals surface area (Å²) in [6.07, 6.45) is 5.67. The van der Waals surface area contributed by atoms with Crippen LogP contribution in [0.3, 0.4) is 0 Å². The number of hydrogen-bond donors (Lipinski definition) is 2. The molecule has 2 aromatic heterocycles. The highest BCUT2D eigenvalue weighted by Gasteiger charge is 2.30. The van der Waals surface area contributed by atoms with Gasteiger partial charge in [-0.2, -0.15) is 0 Å². The maximum absolute atomic E-state index is 13.3. The number of benzene rings is 1. The summed E-state index contributed by atoms with van der Waals surface area (Å²) < 4.78 is 13.4. The number of unbranched alkanes of at least 4 members (excludes halogenated alkanes) is 1. The van der Waals surface area contributed by atoms with Crippen molar-refractivity contribution in [2.75, 3.05) is 11.9 Å². The molecule has 1 aromatic carbocycles. The van der Waals surface area contributed by atoms with Crippen LogP contribution < -0.4 is 5.32 Å². The van der Waals surface area contributed by atoms with E-state index >= 15 is 0 Å². The highest BCUT2D eigenvalue weighted by molar-refractivity contribution is 9.10. The first-order valence-corrected chi connectivity index (χ1v) is 13.8. The molecule has 2 aliphatic rings. The third kappa shape index (κ3) is 5.24. The van der Waals surface area contributed by atoms with Gasteiger partial charge in [-0.3, -0.25) is 10.1 Å². The number of ether oxygens (including phenoxy) is 1. The third-order valence-corrected chi connectivity index (χ3v) is 7.52. The number of H-pyrrole nitrogens is 1. The number of halogens is 2. The number of hydrogen-bond acceptors (Lipinski definition) is 8. The van der Waals surface area contributed by atoms with Crippen LogP contribution in [0.25, 0.3) is 22.3 Å². The molecule has 206 valence electrons. The van der Waals surface area contributed by atoms with Crippen LogP contribution in [0, 0.1) is 0 Å². The molecule has 1 aliphatic carbocycles. The largest absolute Gasteiger partial charge is 0.472 e. The second-order valence-corrected chi connectivity index (χ2v) is 10.0. The Morgan fingerprint density at radius 3 is 2.75 bits per heavy atom. The second kappa shape index (κ2) is 12.0. The summed E-state index contributed by atoms with van der Waals surface area (Å²) in [4.78, 5) is 30.9. The second-order valence-electron chi connectivity index (χ2n) is 8.88. The molecule has 1 amide bonds. The molecule has 0 spiro atoms. The summed E-state index contributed by atoms with van der Waals surface area (Å²) in [5.74, 6) is -0.146. The summed E-state index contributed by atoms with van der Waals surface area (Å²) >= 11 is 10.3. The summed E-state index contributed by atoms with van der Waals surface area (Å²) in [6, 6.07) is 9.07. The molecule has 13 heteroatoms. The van der Waals surface area contributed by atoms with Crippen molar-refractivity contribution < 1.29 is 18.7 Å². The number of anilines is 1. The quantitative estimate of drug-likeness (QED) is 0.180. The molecule has 2 N–H and O–H groups in total. The van der Waals surface area contributed by atoms with Crippen molar-refractivity contribution in [2.45, 2.75) is 39.7 Å². The number of rotatable bonds is 10. The van der Waals surface area contributed by atoms with Crippen molar-refractivity contribution in [1.29, 1.82) is 0 Å². The van der Waals surface area contributed by atoms with Crippen molar-refractivity contribution in [3.8, 4) is 22.3 Å². The number of carbonyl (C=O) groups excluding carboxylic acids is 2. The maximum atomic E-state index is 13.3. The highest BCUT2D eigenvalue weighted by atomic mass is 79.9. The van der Waals surface area contributed by atoms with Crippen molar-refractivity contribution in [3.63, 3.8) is 0 Å². The molecule has 11 nitrogen and oxygen atoms in total. The Morgan fingerprint density at radius 1 is 1.18 bits per heavy atom. The normalized spacial score (nSPS) is 11.2. The van der Waals surface area contributed by atoms with E-state index in [0.29, 0.717) is 23.4 Å². The van der Waals surface area contributed by atoms with Gasteiger partial charge in [0.05, 0.1) is 25.7 Å². The van der Waals surface area contributed by atoms with E-state index in [9.17, 15) is 9.59 Å². The zero-order valence-corrected chi connectivity index (χ0v) is 24.0. The molecule has 0 radical (unpaired) electrons. The topological polar surface area (TPSA) is 141 Å². The molecule has 0 fully saturated rings. The standard InChI is InChI=1S/C27H25BrClN7O4/c1-3-5-10-20-30-24(29)23(26(38)40-4-2)36(20)13-18-15-11-12-39-14-19(15)22(28)21(18)16-8-6-7-9-17(16)25(37)31-27-32-34-35-33-27/h6-9,11-12,14H,3-5,10,13H2,1-2H3,(H2,31,32,33,34,35,37). The zero-order valence-electron chi connectivity index (χ0n) is 21.7. The molecule has 0 unspecified atom stereocenters. The number of amides is 1. The summed E-state index contributed by atoms with van der Waals surface area (Å²) in [7, 11) is 0. The zero-order chi connectivity index (χ0) is 28.2. The number of imidazole rings is 1. The number of tetrazole rings is 1. The van der Waals surface area contributed by atoms with Gasteiger partial charge in [0.1, 0.15) is 5.82 Å². The minimum Gasteiger partial charge on any atom is -0.472 e. The smallest absolute Gasteiger partial charge is 0.358 e. The Bertz CT molecular complexity index is 1630. The molecular weight excluding hydrogens is 602 g/mol. The minimum absolute atomic E-state index is 0.0940. The minimum atomic E-state index is -0.547. The van der Waals surface area contributed by atoms with E-state index < -0.39 is 11.9 Å². The number of esters is 1. The van der Waals surface area contributed by atoms with Gasteiger partial charge in [0.2, 0.25) is 5.95 Å². The van der Waals surface area contributed by atoms with Crippen LogP contribution in [0.2, 0.25) is 5.15 Å². The summed E-state index contributed by atoms with van der Waals surface area (Å²) in [6.45, 7) is 4.27. The number of aryl methyl sites for hydroxylation is 1. The Hall–Kier alpha value is -4.03. The van der Waals surface area contributed by atoms with Gasteiger partial charge in [0.15, 0.2) is 10.8 Å². The van der Waals surface area contributed by atoms with E-state index in [1.54, 1.807) is 31.6 Å². The van der Waals surface area contributed by atoms with Crippen LogP contribution in [0.1, 0.15) is 58.9 Å². The van der Waals surface area contributed by atoms with E-state index in [0.717, 1.165) is 39.6 Å². The lowest BCUT2D eigenvalue weighted by molar-refractivity contribution is 0.0514. The molecule has 0 saturated carbocycles. The number of nitrogens with zero attached hydrogens (tertiary/aromatic N) is 5. The fourth-order valence-corrected chi connectivity index (χ4v) is 5.69. The van der Waals surface area contributed by atoms with Crippen LogP contribution in [0.15, 0.2) is 51.7 Å². The van der Waals surface area contributed by atoms with E-state index in [2.05, 4.69) is 53.8 Å². The van der Waals surface area contributed by atoms with Gasteiger partial charge in [0, 0.05) is 27.6 Å². The average molecular weight is 627 g/mol. The van der Waals surface area contributed by atoms with Crippen molar-refractivity contribution in [1.82, 2.24) is 30.2 Å². The Labute approximate surface area is 242 Å². The molecule has 0 saturated heterocycles. The Kier molecular flexibility index (Phi) is 8.27. The fourth-order valence-electron chi connectivity index (χ4n) is 4.65. The number of carbonyl (C=O) groups is 2. The molecule has 1 aliphatic heterocycles. The van der Waals surface area contributed by atoms with Gasteiger partial charge in [-0.1, -0.05) is 48.2 Å². The first-order valence-electron chi connectivity index (χ1n) is 12.7. The van der Waals surface area contributed by atoms with Crippen LogP contribution in [0.5, 0.6) is 0 Å². The molecule has 3 heterocycles. The van der Waals surface area contributed by atoms with Crippen molar-refractivity contribution in [3.05, 3.63) is 75.1 Å². The van der Waals surface area contributed by atoms with Crippen molar-refractivity contribution in [2.24, 2.45) is 0 Å².